The van der Waals surface area contributed by atoms with Crippen molar-refractivity contribution >= 4 is 27.6 Å². The van der Waals surface area contributed by atoms with E-state index in [1.54, 1.807) is 67.3 Å². The largest absolute Gasteiger partial charge is 0.475 e. The molecule has 0 saturated carbocycles. The maximum Gasteiger partial charge on any atom is 0.348 e. The van der Waals surface area contributed by atoms with Crippen LogP contribution in [-0.4, -0.2) is 57.4 Å². The van der Waals surface area contributed by atoms with Gasteiger partial charge in [-0.05, 0) is 36.2 Å². The Hall–Kier alpha value is -2.91. The molecule has 1 unspecified atom stereocenters. The smallest absolute Gasteiger partial charge is 0.348 e. The predicted molar refractivity (Wildman–Crippen MR) is 120 cm³/mol. The van der Waals surface area contributed by atoms with E-state index in [1.807, 2.05) is 0 Å². The number of amides is 1. The third-order valence-electron chi connectivity index (χ3n) is 5.43. The monoisotopic (exact) mass is 460 g/mol. The van der Waals surface area contributed by atoms with Crippen molar-refractivity contribution in [2.24, 2.45) is 0 Å². The lowest BCUT2D eigenvalue weighted by atomic mass is 10.1. The summed E-state index contributed by atoms with van der Waals surface area (Å²) < 4.78 is 37.1. The summed E-state index contributed by atoms with van der Waals surface area (Å²) in [6.07, 6.45) is -0.250. The maximum atomic E-state index is 13.0. The molecular weight excluding hydrogens is 432 g/mol. The van der Waals surface area contributed by atoms with Crippen LogP contribution in [0.2, 0.25) is 0 Å². The number of aryl methyl sites for hydroxylation is 1. The summed E-state index contributed by atoms with van der Waals surface area (Å²) in [7, 11) is -2.24. The standard InChI is InChI=1S/C23H28N2O6S/c1-4-24(5-2)32(28,29)18-13-10-17(11-14-18)12-15-22(26)25-16-21(23(27)30-3)31-20-9-7-6-8-19(20)25/h6-11,13-14,21H,4-5,12,15-16H2,1-3H3. The van der Waals surface area contributed by atoms with Crippen molar-refractivity contribution in [2.75, 3.05) is 31.6 Å². The number of carbonyl (C=O) groups is 2. The molecule has 0 spiro atoms. The van der Waals surface area contributed by atoms with Crippen molar-refractivity contribution in [3.05, 3.63) is 54.1 Å². The van der Waals surface area contributed by atoms with Crippen LogP contribution in [0.4, 0.5) is 5.69 Å². The van der Waals surface area contributed by atoms with Gasteiger partial charge >= 0.3 is 5.97 Å². The minimum Gasteiger partial charge on any atom is -0.475 e. The average molecular weight is 461 g/mol. The van der Waals surface area contributed by atoms with Crippen LogP contribution in [0.5, 0.6) is 5.75 Å². The van der Waals surface area contributed by atoms with Gasteiger partial charge in [-0.3, -0.25) is 4.79 Å². The zero-order chi connectivity index (χ0) is 23.3. The van der Waals surface area contributed by atoms with Crippen LogP contribution in [0.3, 0.4) is 0 Å². The highest BCUT2D eigenvalue weighted by Gasteiger charge is 2.34. The molecule has 1 heterocycles. The van der Waals surface area contributed by atoms with Gasteiger partial charge in [0.1, 0.15) is 5.75 Å². The zero-order valence-corrected chi connectivity index (χ0v) is 19.3. The lowest BCUT2D eigenvalue weighted by Crippen LogP contribution is -2.47. The Balaban J connectivity index is 1.71. The van der Waals surface area contributed by atoms with Crippen LogP contribution < -0.4 is 9.64 Å². The molecule has 0 N–H and O–H groups in total. The molecule has 8 nitrogen and oxygen atoms in total. The number of nitrogens with zero attached hydrogens (tertiary/aromatic N) is 2. The SMILES string of the molecule is CCN(CC)S(=O)(=O)c1ccc(CCC(=O)N2CC(C(=O)OC)Oc3ccccc32)cc1. The van der Waals surface area contributed by atoms with Crippen molar-refractivity contribution in [3.8, 4) is 5.75 Å². The second kappa shape index (κ2) is 10.1. The van der Waals surface area contributed by atoms with Crippen molar-refractivity contribution in [1.29, 1.82) is 0 Å². The fourth-order valence-electron chi connectivity index (χ4n) is 3.65. The van der Waals surface area contributed by atoms with Crippen LogP contribution in [0.15, 0.2) is 53.4 Å². The van der Waals surface area contributed by atoms with Gasteiger partial charge in [0.15, 0.2) is 0 Å². The minimum atomic E-state index is -3.52. The number of benzene rings is 2. The molecule has 32 heavy (non-hydrogen) atoms. The van der Waals surface area contributed by atoms with E-state index < -0.39 is 22.1 Å². The molecule has 0 bridgehead atoms. The summed E-state index contributed by atoms with van der Waals surface area (Å²) in [5.41, 5.74) is 1.46. The fraction of sp³-hybridized carbons (Fsp3) is 0.391. The van der Waals surface area contributed by atoms with Gasteiger partial charge in [0.2, 0.25) is 22.0 Å². The number of hydrogen-bond donors (Lipinski definition) is 0. The number of ether oxygens (including phenoxy) is 2. The molecule has 0 fully saturated rings. The third kappa shape index (κ3) is 4.94. The number of methoxy groups -OCH3 is 1. The van der Waals surface area contributed by atoms with Crippen molar-refractivity contribution < 1.29 is 27.5 Å². The predicted octanol–water partition coefficient (Wildman–Crippen LogP) is 2.62. The lowest BCUT2D eigenvalue weighted by Gasteiger charge is -2.33. The molecule has 2 aromatic carbocycles. The summed E-state index contributed by atoms with van der Waals surface area (Å²) in [5, 5.41) is 0. The molecular formula is C23H28N2O6S. The number of hydrogen-bond acceptors (Lipinski definition) is 6. The van der Waals surface area contributed by atoms with Gasteiger partial charge in [-0.25, -0.2) is 13.2 Å². The van der Waals surface area contributed by atoms with Crippen LogP contribution in [0.25, 0.3) is 0 Å². The van der Waals surface area contributed by atoms with E-state index in [-0.39, 0.29) is 23.8 Å². The second-order valence-electron chi connectivity index (χ2n) is 7.33. The Kier molecular flexibility index (Phi) is 7.52. The van der Waals surface area contributed by atoms with Crippen LogP contribution in [0, 0.1) is 0 Å². The molecule has 0 saturated heterocycles. The number of rotatable bonds is 8. The quantitative estimate of drug-likeness (QED) is 0.562. The van der Waals surface area contributed by atoms with Gasteiger partial charge in [0.25, 0.3) is 0 Å². The first-order valence-corrected chi connectivity index (χ1v) is 12.0. The number of para-hydroxylation sites is 2. The van der Waals surface area contributed by atoms with E-state index >= 15 is 0 Å². The topological polar surface area (TPSA) is 93.2 Å². The van der Waals surface area contributed by atoms with Crippen LogP contribution in [-0.2, 0) is 30.8 Å². The molecule has 1 atom stereocenters. The summed E-state index contributed by atoms with van der Waals surface area (Å²) >= 11 is 0. The molecule has 0 radical (unpaired) electrons. The maximum absolute atomic E-state index is 13.0. The first-order valence-electron chi connectivity index (χ1n) is 10.5. The van der Waals surface area contributed by atoms with Crippen LogP contribution >= 0.6 is 0 Å². The van der Waals surface area contributed by atoms with Crippen molar-refractivity contribution in [2.45, 2.75) is 37.7 Å². The highest BCUT2D eigenvalue weighted by atomic mass is 32.2. The van der Waals surface area contributed by atoms with Crippen molar-refractivity contribution in [3.63, 3.8) is 0 Å². The van der Waals surface area contributed by atoms with Gasteiger partial charge < -0.3 is 14.4 Å². The number of anilines is 1. The zero-order valence-electron chi connectivity index (χ0n) is 18.5. The Bertz CT molecular complexity index is 1060. The Morgan fingerprint density at radius 1 is 1.09 bits per heavy atom. The molecule has 9 heteroatoms. The summed E-state index contributed by atoms with van der Waals surface area (Å²) in [5.74, 6) is -0.245. The number of esters is 1. The number of carbonyl (C=O) groups excluding carboxylic acids is 2. The summed E-state index contributed by atoms with van der Waals surface area (Å²) in [6.45, 7) is 4.49. The molecule has 1 amide bonds. The molecule has 0 aromatic heterocycles. The molecule has 0 aliphatic carbocycles. The first-order chi connectivity index (χ1) is 15.3. The molecule has 2 aromatic rings. The highest BCUT2D eigenvalue weighted by Crippen LogP contribution is 2.34. The van der Waals surface area contributed by atoms with E-state index in [1.165, 1.54) is 11.4 Å². The van der Waals surface area contributed by atoms with E-state index in [0.29, 0.717) is 30.9 Å². The molecule has 3 rings (SSSR count). The van der Waals surface area contributed by atoms with E-state index in [2.05, 4.69) is 0 Å². The first kappa shape index (κ1) is 23.7. The van der Waals surface area contributed by atoms with Gasteiger partial charge in [-0.1, -0.05) is 38.1 Å². The molecule has 172 valence electrons. The lowest BCUT2D eigenvalue weighted by molar-refractivity contribution is -0.148. The second-order valence-corrected chi connectivity index (χ2v) is 9.27. The Morgan fingerprint density at radius 2 is 1.75 bits per heavy atom. The van der Waals surface area contributed by atoms with Gasteiger partial charge in [-0.2, -0.15) is 4.31 Å². The van der Waals surface area contributed by atoms with E-state index in [4.69, 9.17) is 9.47 Å². The normalized spacial score (nSPS) is 15.8. The van der Waals surface area contributed by atoms with Gasteiger partial charge in [0, 0.05) is 19.5 Å². The Morgan fingerprint density at radius 3 is 2.38 bits per heavy atom. The third-order valence-corrected chi connectivity index (χ3v) is 7.50. The molecule has 1 aliphatic rings. The van der Waals surface area contributed by atoms with Crippen LogP contribution in [0.1, 0.15) is 25.8 Å². The van der Waals surface area contributed by atoms with E-state index in [0.717, 1.165) is 5.56 Å². The summed E-state index contributed by atoms with van der Waals surface area (Å²) in [4.78, 5) is 26.8. The average Bonchev–Trinajstić information content (AvgIpc) is 2.82. The van der Waals surface area contributed by atoms with Gasteiger partial charge in [-0.15, -0.1) is 0 Å². The fourth-order valence-corrected chi connectivity index (χ4v) is 5.11. The Labute approximate surface area is 188 Å². The molecule has 1 aliphatic heterocycles. The minimum absolute atomic E-state index is 0.0730. The number of fused-ring (bicyclic) bond motifs is 1. The summed E-state index contributed by atoms with van der Waals surface area (Å²) in [6, 6.07) is 13.7. The van der Waals surface area contributed by atoms with E-state index in [9.17, 15) is 18.0 Å². The highest BCUT2D eigenvalue weighted by molar-refractivity contribution is 7.89. The van der Waals surface area contributed by atoms with Gasteiger partial charge in [0.05, 0.1) is 24.2 Å². The van der Waals surface area contributed by atoms with Crippen molar-refractivity contribution in [1.82, 2.24) is 4.31 Å². The number of sulfonamides is 1.